The first-order valence-corrected chi connectivity index (χ1v) is 7.70. The normalized spacial score (nSPS) is 11.1. The third-order valence-corrected chi connectivity index (χ3v) is 3.87. The molecule has 2 rings (SSSR count). The molecule has 0 fully saturated rings. The maximum absolute atomic E-state index is 12.5. The molecule has 0 spiro atoms. The van der Waals surface area contributed by atoms with Gasteiger partial charge in [0, 0.05) is 28.2 Å². The van der Waals surface area contributed by atoms with Crippen molar-refractivity contribution in [3.63, 3.8) is 0 Å². The lowest BCUT2D eigenvalue weighted by Gasteiger charge is -2.25. The Kier molecular flexibility index (Phi) is 4.60. The molecule has 23 heavy (non-hydrogen) atoms. The fourth-order valence-electron chi connectivity index (χ4n) is 3.02. The summed E-state index contributed by atoms with van der Waals surface area (Å²) in [5, 5.41) is 11.9. The van der Waals surface area contributed by atoms with Crippen molar-refractivity contribution >= 4 is 11.5 Å². The molecule has 0 aliphatic carbocycles. The van der Waals surface area contributed by atoms with Crippen LogP contribution in [0, 0.1) is 25.2 Å². The SMILES string of the molecule is Cc1cc(C(=O)CNc2ccc(C#N)cc2)c(C)n1C(C)(C)C. The van der Waals surface area contributed by atoms with Gasteiger partial charge in [0.15, 0.2) is 5.78 Å². The Labute approximate surface area is 137 Å². The van der Waals surface area contributed by atoms with Crippen molar-refractivity contribution in [2.45, 2.75) is 40.2 Å². The molecule has 1 heterocycles. The first-order valence-electron chi connectivity index (χ1n) is 7.70. The Morgan fingerprint density at radius 1 is 1.22 bits per heavy atom. The highest BCUT2D eigenvalue weighted by atomic mass is 16.1. The minimum atomic E-state index is -0.0484. The summed E-state index contributed by atoms with van der Waals surface area (Å²) >= 11 is 0. The molecule has 120 valence electrons. The number of benzene rings is 1. The molecule has 0 amide bonds. The van der Waals surface area contributed by atoms with Crippen LogP contribution in [0.5, 0.6) is 0 Å². The third-order valence-electron chi connectivity index (χ3n) is 3.87. The van der Waals surface area contributed by atoms with Crippen LogP contribution in [0.1, 0.15) is 48.1 Å². The molecule has 4 heteroatoms. The van der Waals surface area contributed by atoms with Gasteiger partial charge in [-0.3, -0.25) is 4.79 Å². The highest BCUT2D eigenvalue weighted by Gasteiger charge is 2.22. The number of nitrogens with one attached hydrogen (secondary N) is 1. The fourth-order valence-corrected chi connectivity index (χ4v) is 3.02. The Morgan fingerprint density at radius 3 is 2.30 bits per heavy atom. The molecule has 1 aromatic carbocycles. The van der Waals surface area contributed by atoms with E-state index in [1.54, 1.807) is 12.1 Å². The molecule has 0 bridgehead atoms. The number of aryl methyl sites for hydroxylation is 1. The maximum atomic E-state index is 12.5. The quantitative estimate of drug-likeness (QED) is 0.868. The Bertz CT molecular complexity index is 756. The molecule has 0 radical (unpaired) electrons. The molecular formula is C19H23N3O. The van der Waals surface area contributed by atoms with Crippen molar-refractivity contribution in [3.8, 4) is 6.07 Å². The summed E-state index contributed by atoms with van der Waals surface area (Å²) in [7, 11) is 0. The predicted molar refractivity (Wildman–Crippen MR) is 92.9 cm³/mol. The van der Waals surface area contributed by atoms with E-state index in [0.717, 1.165) is 22.6 Å². The lowest BCUT2D eigenvalue weighted by atomic mass is 10.1. The zero-order chi connectivity index (χ0) is 17.2. The highest BCUT2D eigenvalue weighted by Crippen LogP contribution is 2.24. The summed E-state index contributed by atoms with van der Waals surface area (Å²) in [5.74, 6) is 0.0676. The number of ketones is 1. The molecule has 1 aromatic heterocycles. The zero-order valence-corrected chi connectivity index (χ0v) is 14.4. The first-order chi connectivity index (χ1) is 10.7. The van der Waals surface area contributed by atoms with E-state index in [4.69, 9.17) is 5.26 Å². The van der Waals surface area contributed by atoms with Crippen LogP contribution in [0.4, 0.5) is 5.69 Å². The zero-order valence-electron chi connectivity index (χ0n) is 14.4. The van der Waals surface area contributed by atoms with Crippen LogP contribution in [-0.2, 0) is 5.54 Å². The summed E-state index contributed by atoms with van der Waals surface area (Å²) in [4.78, 5) is 12.5. The monoisotopic (exact) mass is 309 g/mol. The van der Waals surface area contributed by atoms with E-state index < -0.39 is 0 Å². The predicted octanol–water partition coefficient (Wildman–Crippen LogP) is 4.03. The molecule has 0 saturated heterocycles. The summed E-state index contributed by atoms with van der Waals surface area (Å²) in [5.41, 5.74) is 4.25. The van der Waals surface area contributed by atoms with E-state index in [2.05, 4.69) is 36.7 Å². The van der Waals surface area contributed by atoms with Gasteiger partial charge in [-0.1, -0.05) is 0 Å². The van der Waals surface area contributed by atoms with Crippen molar-refractivity contribution < 1.29 is 4.79 Å². The van der Waals surface area contributed by atoms with Crippen molar-refractivity contribution in [1.82, 2.24) is 4.57 Å². The van der Waals surface area contributed by atoms with E-state index in [1.807, 2.05) is 32.0 Å². The van der Waals surface area contributed by atoms with E-state index in [9.17, 15) is 4.79 Å². The minimum Gasteiger partial charge on any atom is -0.378 e. The topological polar surface area (TPSA) is 57.8 Å². The van der Waals surface area contributed by atoms with E-state index in [-0.39, 0.29) is 17.9 Å². The van der Waals surface area contributed by atoms with Gasteiger partial charge in [-0.15, -0.1) is 0 Å². The molecule has 4 nitrogen and oxygen atoms in total. The van der Waals surface area contributed by atoms with Crippen LogP contribution >= 0.6 is 0 Å². The van der Waals surface area contributed by atoms with Crippen LogP contribution in [-0.4, -0.2) is 16.9 Å². The molecule has 1 N–H and O–H groups in total. The van der Waals surface area contributed by atoms with Gasteiger partial charge >= 0.3 is 0 Å². The molecular weight excluding hydrogens is 286 g/mol. The smallest absolute Gasteiger partial charge is 0.183 e. The van der Waals surface area contributed by atoms with Crippen LogP contribution in [0.25, 0.3) is 0 Å². The average molecular weight is 309 g/mol. The van der Waals surface area contributed by atoms with Gasteiger partial charge in [0.25, 0.3) is 0 Å². The van der Waals surface area contributed by atoms with Gasteiger partial charge in [0.05, 0.1) is 18.2 Å². The maximum Gasteiger partial charge on any atom is 0.183 e. The van der Waals surface area contributed by atoms with Crippen LogP contribution < -0.4 is 5.32 Å². The van der Waals surface area contributed by atoms with Crippen LogP contribution in [0.2, 0.25) is 0 Å². The largest absolute Gasteiger partial charge is 0.378 e. The van der Waals surface area contributed by atoms with Crippen LogP contribution in [0.15, 0.2) is 30.3 Å². The number of rotatable bonds is 4. The van der Waals surface area contributed by atoms with E-state index in [1.165, 1.54) is 0 Å². The fraction of sp³-hybridized carbons (Fsp3) is 0.368. The minimum absolute atomic E-state index is 0.0484. The second-order valence-corrected chi connectivity index (χ2v) is 6.76. The number of aromatic nitrogens is 1. The van der Waals surface area contributed by atoms with Gasteiger partial charge in [0.2, 0.25) is 0 Å². The number of nitriles is 1. The summed E-state index contributed by atoms with van der Waals surface area (Å²) in [6.45, 7) is 10.7. The molecule has 2 aromatic rings. The standard InChI is InChI=1S/C19H23N3O/c1-13-10-17(14(2)22(13)19(3,4)5)18(23)12-21-16-8-6-15(11-20)7-9-16/h6-10,21H,12H2,1-5H3. The second kappa shape index (κ2) is 6.29. The van der Waals surface area contributed by atoms with Crippen molar-refractivity contribution in [3.05, 3.63) is 52.8 Å². The number of carbonyl (C=O) groups excluding carboxylic acids is 1. The summed E-state index contributed by atoms with van der Waals surface area (Å²) < 4.78 is 2.20. The Balaban J connectivity index is 2.14. The van der Waals surface area contributed by atoms with Gasteiger partial charge < -0.3 is 9.88 Å². The number of nitrogens with zero attached hydrogens (tertiary/aromatic N) is 2. The van der Waals surface area contributed by atoms with Gasteiger partial charge in [-0.05, 0) is 65.0 Å². The molecule has 0 aliphatic heterocycles. The highest BCUT2D eigenvalue weighted by molar-refractivity contribution is 6.00. The Hall–Kier alpha value is -2.54. The van der Waals surface area contributed by atoms with Gasteiger partial charge in [-0.25, -0.2) is 0 Å². The molecule has 0 aliphatic rings. The number of carbonyl (C=O) groups is 1. The average Bonchev–Trinajstić information content (AvgIpc) is 2.80. The number of hydrogen-bond donors (Lipinski definition) is 1. The number of anilines is 1. The summed E-state index contributed by atoms with van der Waals surface area (Å²) in [6, 6.07) is 11.1. The van der Waals surface area contributed by atoms with Gasteiger partial charge in [0.1, 0.15) is 0 Å². The second-order valence-electron chi connectivity index (χ2n) is 6.76. The summed E-state index contributed by atoms with van der Waals surface area (Å²) in [6.07, 6.45) is 0. The number of hydrogen-bond acceptors (Lipinski definition) is 3. The third kappa shape index (κ3) is 3.62. The van der Waals surface area contributed by atoms with Crippen molar-refractivity contribution in [2.75, 3.05) is 11.9 Å². The lowest BCUT2D eigenvalue weighted by Crippen LogP contribution is -2.24. The Morgan fingerprint density at radius 2 is 1.83 bits per heavy atom. The van der Waals surface area contributed by atoms with Gasteiger partial charge in [-0.2, -0.15) is 5.26 Å². The first kappa shape index (κ1) is 16.8. The van der Waals surface area contributed by atoms with Crippen LogP contribution in [0.3, 0.4) is 0 Å². The van der Waals surface area contributed by atoms with E-state index >= 15 is 0 Å². The van der Waals surface area contributed by atoms with Crippen molar-refractivity contribution in [1.29, 1.82) is 5.26 Å². The molecule has 0 unspecified atom stereocenters. The lowest BCUT2D eigenvalue weighted by molar-refractivity contribution is 0.101. The molecule has 0 atom stereocenters. The number of Topliss-reactive ketones (excluding diaryl/α,β-unsaturated/α-hetero) is 1. The van der Waals surface area contributed by atoms with Crippen molar-refractivity contribution in [2.24, 2.45) is 0 Å². The van der Waals surface area contributed by atoms with E-state index in [0.29, 0.717) is 5.56 Å². The molecule has 0 saturated carbocycles.